The first-order chi connectivity index (χ1) is 9.72. The Labute approximate surface area is 115 Å². The summed E-state index contributed by atoms with van der Waals surface area (Å²) in [6, 6.07) is 0. The topological polar surface area (TPSA) is 84.3 Å². The summed E-state index contributed by atoms with van der Waals surface area (Å²) >= 11 is 0. The molecule has 1 aliphatic carbocycles. The lowest BCUT2D eigenvalue weighted by Crippen LogP contribution is -2.02. The van der Waals surface area contributed by atoms with E-state index in [1.54, 1.807) is 12.5 Å². The van der Waals surface area contributed by atoms with Gasteiger partial charge in [-0.25, -0.2) is 9.97 Å². The molecule has 0 aliphatic heterocycles. The lowest BCUT2D eigenvalue weighted by Gasteiger charge is -2.06. The van der Waals surface area contributed by atoms with Crippen LogP contribution < -0.4 is 5.32 Å². The second kappa shape index (κ2) is 4.03. The Balaban J connectivity index is 1.78. The third-order valence-electron chi connectivity index (χ3n) is 3.75. The zero-order valence-corrected chi connectivity index (χ0v) is 11.4. The van der Waals surface area contributed by atoms with Crippen molar-refractivity contribution < 1.29 is 0 Å². The molecule has 2 N–H and O–H groups in total. The van der Waals surface area contributed by atoms with Gasteiger partial charge in [-0.05, 0) is 19.8 Å². The van der Waals surface area contributed by atoms with Gasteiger partial charge in [0.25, 0.3) is 0 Å². The van der Waals surface area contributed by atoms with Gasteiger partial charge in [-0.3, -0.25) is 4.68 Å². The minimum atomic E-state index is 0.527. The van der Waals surface area contributed by atoms with E-state index in [9.17, 15) is 0 Å². The largest absolute Gasteiger partial charge is 0.329 e. The molecule has 1 aliphatic rings. The van der Waals surface area contributed by atoms with E-state index in [-0.39, 0.29) is 0 Å². The highest BCUT2D eigenvalue weighted by atomic mass is 15.3. The molecular formula is C13H15N7. The Morgan fingerprint density at radius 3 is 2.90 bits per heavy atom. The molecule has 0 amide bonds. The van der Waals surface area contributed by atoms with Crippen LogP contribution in [0.2, 0.25) is 0 Å². The van der Waals surface area contributed by atoms with Crippen molar-refractivity contribution in [3.05, 3.63) is 23.9 Å². The molecule has 102 valence electrons. The average Bonchev–Trinajstić information content (AvgIpc) is 3.11. The third kappa shape index (κ3) is 1.74. The minimum Gasteiger partial charge on any atom is -0.329 e. The van der Waals surface area contributed by atoms with Gasteiger partial charge in [0.2, 0.25) is 5.95 Å². The number of imidazole rings is 1. The minimum absolute atomic E-state index is 0.527. The van der Waals surface area contributed by atoms with Crippen LogP contribution in [0.3, 0.4) is 0 Å². The smallest absolute Gasteiger partial charge is 0.229 e. The number of hydrogen-bond donors (Lipinski definition) is 2. The summed E-state index contributed by atoms with van der Waals surface area (Å²) in [7, 11) is 1.91. The van der Waals surface area contributed by atoms with E-state index in [1.807, 2.05) is 18.7 Å². The van der Waals surface area contributed by atoms with Crippen LogP contribution in [0.5, 0.6) is 0 Å². The van der Waals surface area contributed by atoms with Gasteiger partial charge in [0.1, 0.15) is 5.52 Å². The maximum absolute atomic E-state index is 4.64. The lowest BCUT2D eigenvalue weighted by molar-refractivity contribution is 0.740. The maximum Gasteiger partial charge on any atom is 0.229 e. The number of fused-ring (bicyclic) bond motifs is 1. The predicted octanol–water partition coefficient (Wildman–Crippen LogP) is 2.02. The van der Waals surface area contributed by atoms with Crippen molar-refractivity contribution in [3.63, 3.8) is 0 Å². The number of H-pyrrole nitrogens is 1. The van der Waals surface area contributed by atoms with Crippen molar-refractivity contribution >= 4 is 22.8 Å². The average molecular weight is 269 g/mol. The summed E-state index contributed by atoms with van der Waals surface area (Å²) in [5.41, 5.74) is 4.69. The fourth-order valence-corrected chi connectivity index (χ4v) is 2.30. The number of aromatic nitrogens is 6. The van der Waals surface area contributed by atoms with E-state index in [0.717, 1.165) is 28.2 Å². The fraction of sp³-hybridized carbons (Fsp3) is 0.385. The molecule has 1 saturated carbocycles. The molecule has 0 saturated heterocycles. The molecular weight excluding hydrogens is 254 g/mol. The molecule has 0 spiro atoms. The van der Waals surface area contributed by atoms with Gasteiger partial charge in [-0.2, -0.15) is 10.1 Å². The first kappa shape index (κ1) is 11.4. The normalized spacial score (nSPS) is 14.9. The van der Waals surface area contributed by atoms with Gasteiger partial charge in [0.05, 0.1) is 29.6 Å². The van der Waals surface area contributed by atoms with Crippen LogP contribution in [-0.2, 0) is 7.05 Å². The number of nitrogens with zero attached hydrogens (tertiary/aromatic N) is 5. The highest BCUT2D eigenvalue weighted by Gasteiger charge is 2.29. The molecule has 7 nitrogen and oxygen atoms in total. The molecule has 0 radical (unpaired) electrons. The van der Waals surface area contributed by atoms with Crippen LogP contribution in [0.4, 0.5) is 11.6 Å². The van der Waals surface area contributed by atoms with Crippen molar-refractivity contribution in [3.8, 4) is 0 Å². The molecule has 0 unspecified atom stereocenters. The van der Waals surface area contributed by atoms with Crippen LogP contribution in [-0.4, -0.2) is 29.7 Å². The van der Waals surface area contributed by atoms with E-state index >= 15 is 0 Å². The molecule has 3 aromatic heterocycles. The molecule has 0 aromatic carbocycles. The van der Waals surface area contributed by atoms with Crippen LogP contribution in [0.25, 0.3) is 11.2 Å². The lowest BCUT2D eigenvalue weighted by atomic mass is 10.2. The molecule has 20 heavy (non-hydrogen) atoms. The zero-order chi connectivity index (χ0) is 13.7. The third-order valence-corrected chi connectivity index (χ3v) is 3.75. The van der Waals surface area contributed by atoms with Crippen LogP contribution in [0, 0.1) is 6.92 Å². The Bertz CT molecular complexity index is 781. The molecule has 3 aromatic rings. The standard InChI is InChI=1S/C13H15N7/c1-7-9(5-16-20(7)2)17-13-18-10(8-3-4-8)11-12(19-13)15-6-14-11/h5-6,8H,3-4H2,1-2H3,(H2,14,15,17,18,19). The summed E-state index contributed by atoms with van der Waals surface area (Å²) in [5, 5.41) is 7.46. The van der Waals surface area contributed by atoms with E-state index in [4.69, 9.17) is 0 Å². The molecule has 7 heteroatoms. The Morgan fingerprint density at radius 2 is 2.20 bits per heavy atom. The molecule has 3 heterocycles. The van der Waals surface area contributed by atoms with Gasteiger partial charge in [0, 0.05) is 13.0 Å². The summed E-state index contributed by atoms with van der Waals surface area (Å²) in [6.07, 6.45) is 5.83. The SMILES string of the molecule is Cc1c(Nc2nc(C3CC3)c3nc[nH]c3n2)cnn1C. The molecule has 0 bridgehead atoms. The second-order valence-electron chi connectivity index (χ2n) is 5.20. The highest BCUT2D eigenvalue weighted by Crippen LogP contribution is 2.41. The summed E-state index contributed by atoms with van der Waals surface area (Å²) in [5.74, 6) is 1.12. The van der Waals surface area contributed by atoms with Crippen LogP contribution >= 0.6 is 0 Å². The van der Waals surface area contributed by atoms with Crippen LogP contribution in [0.1, 0.15) is 30.1 Å². The quantitative estimate of drug-likeness (QED) is 0.760. The highest BCUT2D eigenvalue weighted by molar-refractivity contribution is 5.76. The summed E-state index contributed by atoms with van der Waals surface area (Å²) in [6.45, 7) is 2.01. The van der Waals surface area contributed by atoms with Crippen molar-refractivity contribution in [1.29, 1.82) is 0 Å². The Morgan fingerprint density at radius 1 is 1.35 bits per heavy atom. The van der Waals surface area contributed by atoms with Crippen LogP contribution in [0.15, 0.2) is 12.5 Å². The van der Waals surface area contributed by atoms with E-state index < -0.39 is 0 Å². The first-order valence-electron chi connectivity index (χ1n) is 6.69. The van der Waals surface area contributed by atoms with E-state index in [0.29, 0.717) is 11.9 Å². The van der Waals surface area contributed by atoms with Gasteiger partial charge < -0.3 is 10.3 Å². The summed E-state index contributed by atoms with van der Waals surface area (Å²) < 4.78 is 1.82. The molecule has 4 rings (SSSR count). The zero-order valence-electron chi connectivity index (χ0n) is 11.4. The maximum atomic E-state index is 4.64. The van der Waals surface area contributed by atoms with E-state index in [2.05, 4.69) is 30.4 Å². The number of aryl methyl sites for hydroxylation is 1. The number of rotatable bonds is 3. The van der Waals surface area contributed by atoms with Crippen molar-refractivity contribution in [1.82, 2.24) is 29.7 Å². The second-order valence-corrected chi connectivity index (χ2v) is 5.20. The van der Waals surface area contributed by atoms with E-state index in [1.165, 1.54) is 12.8 Å². The Kier molecular flexibility index (Phi) is 2.29. The van der Waals surface area contributed by atoms with Crippen molar-refractivity contribution in [2.24, 2.45) is 7.05 Å². The monoisotopic (exact) mass is 269 g/mol. The first-order valence-corrected chi connectivity index (χ1v) is 6.69. The van der Waals surface area contributed by atoms with Gasteiger partial charge in [-0.15, -0.1) is 0 Å². The van der Waals surface area contributed by atoms with Gasteiger partial charge in [-0.1, -0.05) is 0 Å². The number of anilines is 2. The Hall–Kier alpha value is -2.44. The van der Waals surface area contributed by atoms with Crippen molar-refractivity contribution in [2.45, 2.75) is 25.7 Å². The molecule has 0 atom stereocenters. The predicted molar refractivity (Wildman–Crippen MR) is 74.9 cm³/mol. The molecule has 1 fully saturated rings. The number of aromatic amines is 1. The fourth-order valence-electron chi connectivity index (χ4n) is 2.30. The van der Waals surface area contributed by atoms with Crippen molar-refractivity contribution in [2.75, 3.05) is 5.32 Å². The number of nitrogens with one attached hydrogen (secondary N) is 2. The summed E-state index contributed by atoms with van der Waals surface area (Å²) in [4.78, 5) is 16.5. The van der Waals surface area contributed by atoms with Gasteiger partial charge in [0.15, 0.2) is 5.65 Å². The number of hydrogen-bond acceptors (Lipinski definition) is 5. The van der Waals surface area contributed by atoms with Gasteiger partial charge >= 0.3 is 0 Å².